The first-order valence-corrected chi connectivity index (χ1v) is 7.86. The summed E-state index contributed by atoms with van der Waals surface area (Å²) in [5.41, 5.74) is 2.65. The highest BCUT2D eigenvalue weighted by Crippen LogP contribution is 2.37. The minimum Gasteiger partial charge on any atom is -0.353 e. The van der Waals surface area contributed by atoms with Gasteiger partial charge >= 0.3 is 0 Å². The summed E-state index contributed by atoms with van der Waals surface area (Å²) in [6.07, 6.45) is 3.24. The third-order valence-corrected chi connectivity index (χ3v) is 4.95. The molecule has 100 valence electrons. The third-order valence-electron chi connectivity index (χ3n) is 3.59. The first kappa shape index (κ1) is 13.1. The molecule has 2 aromatic rings. The summed E-state index contributed by atoms with van der Waals surface area (Å²) in [5, 5.41) is 4.48. The van der Waals surface area contributed by atoms with E-state index in [1.54, 1.807) is 0 Å². The molecule has 2 nitrogen and oxygen atoms in total. The number of aryl methyl sites for hydroxylation is 1. The predicted octanol–water partition coefficient (Wildman–Crippen LogP) is 4.01. The molecule has 0 saturated heterocycles. The Balaban J connectivity index is 1.76. The quantitative estimate of drug-likeness (QED) is 0.921. The first-order chi connectivity index (χ1) is 9.24. The first-order valence-electron chi connectivity index (χ1n) is 6.50. The number of nitrogens with one attached hydrogen (secondary N) is 1. The third kappa shape index (κ3) is 2.83. The van der Waals surface area contributed by atoms with Gasteiger partial charge < -0.3 is 9.88 Å². The van der Waals surface area contributed by atoms with Gasteiger partial charge in [0, 0.05) is 41.4 Å². The number of hydrogen-bond acceptors (Lipinski definition) is 2. The fourth-order valence-electron chi connectivity index (χ4n) is 2.49. The Morgan fingerprint density at radius 1 is 1.42 bits per heavy atom. The molecular weight excluding hydrogens is 276 g/mol. The van der Waals surface area contributed by atoms with Gasteiger partial charge in [0.2, 0.25) is 0 Å². The van der Waals surface area contributed by atoms with Crippen molar-refractivity contribution >= 4 is 23.4 Å². The fourth-order valence-corrected chi connectivity index (χ4v) is 3.77. The summed E-state index contributed by atoms with van der Waals surface area (Å²) in [4.78, 5) is 1.36. The molecule has 1 unspecified atom stereocenters. The maximum atomic E-state index is 6.13. The van der Waals surface area contributed by atoms with E-state index in [-0.39, 0.29) is 0 Å². The minimum absolute atomic E-state index is 0.407. The molecule has 0 radical (unpaired) electrons. The molecule has 1 N–H and O–H groups in total. The molecule has 1 aliphatic heterocycles. The zero-order valence-corrected chi connectivity index (χ0v) is 12.5. The Hall–Kier alpha value is -0.900. The minimum atomic E-state index is 0.407. The number of nitrogens with zero attached hydrogens (tertiary/aromatic N) is 1. The summed E-state index contributed by atoms with van der Waals surface area (Å²) >= 11 is 8.05. The highest BCUT2D eigenvalue weighted by Gasteiger charge is 2.20. The second kappa shape index (κ2) is 5.61. The number of thioether (sulfide) groups is 1. The van der Waals surface area contributed by atoms with Crippen LogP contribution in [-0.2, 0) is 13.6 Å². The molecule has 2 heterocycles. The predicted molar refractivity (Wildman–Crippen MR) is 81.8 cm³/mol. The smallest absolute Gasteiger partial charge is 0.0410 e. The Kier molecular flexibility index (Phi) is 3.87. The average Bonchev–Trinajstić information content (AvgIpc) is 2.82. The summed E-state index contributed by atoms with van der Waals surface area (Å²) in [5.74, 6) is 1.17. The van der Waals surface area contributed by atoms with Gasteiger partial charge in [-0.2, -0.15) is 0 Å². The Bertz CT molecular complexity index is 579. The monoisotopic (exact) mass is 292 g/mol. The summed E-state index contributed by atoms with van der Waals surface area (Å²) < 4.78 is 2.16. The molecule has 0 fully saturated rings. The van der Waals surface area contributed by atoms with Crippen molar-refractivity contribution in [1.29, 1.82) is 0 Å². The molecule has 0 bridgehead atoms. The highest BCUT2D eigenvalue weighted by molar-refractivity contribution is 7.99. The van der Waals surface area contributed by atoms with Gasteiger partial charge in [-0.25, -0.2) is 0 Å². The second-order valence-electron chi connectivity index (χ2n) is 4.86. The lowest BCUT2D eigenvalue weighted by molar-refractivity contribution is 0.500. The largest absolute Gasteiger partial charge is 0.353 e. The maximum Gasteiger partial charge on any atom is 0.0410 e. The molecule has 1 aliphatic rings. The van der Waals surface area contributed by atoms with Crippen molar-refractivity contribution in [3.63, 3.8) is 0 Å². The number of rotatable bonds is 3. The van der Waals surface area contributed by atoms with Gasteiger partial charge in [-0.05, 0) is 48.1 Å². The lowest BCUT2D eigenvalue weighted by Crippen LogP contribution is -2.25. The van der Waals surface area contributed by atoms with Crippen LogP contribution in [-0.4, -0.2) is 10.3 Å². The Morgan fingerprint density at radius 2 is 2.32 bits per heavy atom. The van der Waals surface area contributed by atoms with Gasteiger partial charge in [0.15, 0.2) is 0 Å². The van der Waals surface area contributed by atoms with E-state index >= 15 is 0 Å². The van der Waals surface area contributed by atoms with Gasteiger partial charge in [0.1, 0.15) is 0 Å². The van der Waals surface area contributed by atoms with E-state index < -0.39 is 0 Å². The summed E-state index contributed by atoms with van der Waals surface area (Å²) in [6, 6.07) is 10.9. The zero-order chi connectivity index (χ0) is 13.2. The SMILES string of the molecule is Cn1cccc1CNC1CCSc2ccc(Cl)cc21. The van der Waals surface area contributed by atoms with E-state index in [1.807, 2.05) is 17.8 Å². The van der Waals surface area contributed by atoms with Gasteiger partial charge in [0.25, 0.3) is 0 Å². The standard InChI is InChI=1S/C15H17ClN2S/c1-18-7-2-3-12(18)10-17-14-6-8-19-15-5-4-11(16)9-13(14)15/h2-5,7,9,14,17H,6,8,10H2,1H3. The van der Waals surface area contributed by atoms with E-state index in [4.69, 9.17) is 11.6 Å². The lowest BCUT2D eigenvalue weighted by Gasteiger charge is -2.26. The number of aromatic nitrogens is 1. The van der Waals surface area contributed by atoms with Crippen LogP contribution in [0.4, 0.5) is 0 Å². The highest BCUT2D eigenvalue weighted by atomic mass is 35.5. The molecule has 3 rings (SSSR count). The second-order valence-corrected chi connectivity index (χ2v) is 6.44. The average molecular weight is 293 g/mol. The van der Waals surface area contributed by atoms with Crippen LogP contribution in [0.5, 0.6) is 0 Å². The van der Waals surface area contributed by atoms with Crippen LogP contribution < -0.4 is 5.32 Å². The van der Waals surface area contributed by atoms with Crippen LogP contribution in [0.15, 0.2) is 41.4 Å². The van der Waals surface area contributed by atoms with Gasteiger partial charge in [-0.1, -0.05) is 11.6 Å². The van der Waals surface area contributed by atoms with Crippen molar-refractivity contribution in [3.05, 3.63) is 52.8 Å². The number of fused-ring (bicyclic) bond motifs is 1. The van der Waals surface area contributed by atoms with Crippen LogP contribution in [0, 0.1) is 0 Å². The molecule has 0 saturated carbocycles. The number of benzene rings is 1. The van der Waals surface area contributed by atoms with Crippen molar-refractivity contribution < 1.29 is 0 Å². The fraction of sp³-hybridized carbons (Fsp3) is 0.333. The normalized spacial score (nSPS) is 18.3. The van der Waals surface area contributed by atoms with Crippen LogP contribution in [0.2, 0.25) is 5.02 Å². The van der Waals surface area contributed by atoms with Crippen molar-refractivity contribution in [3.8, 4) is 0 Å². The summed E-state index contributed by atoms with van der Waals surface area (Å²) in [7, 11) is 2.08. The van der Waals surface area contributed by atoms with Crippen LogP contribution in [0.25, 0.3) is 0 Å². The van der Waals surface area contributed by atoms with Crippen molar-refractivity contribution in [1.82, 2.24) is 9.88 Å². The van der Waals surface area contributed by atoms with Crippen LogP contribution >= 0.6 is 23.4 Å². The lowest BCUT2D eigenvalue weighted by atomic mass is 10.0. The molecular formula is C15H17ClN2S. The molecule has 1 aromatic carbocycles. The topological polar surface area (TPSA) is 17.0 Å². The van der Waals surface area contributed by atoms with Gasteiger partial charge in [-0.15, -0.1) is 11.8 Å². The van der Waals surface area contributed by atoms with Crippen molar-refractivity contribution in [2.24, 2.45) is 7.05 Å². The zero-order valence-electron chi connectivity index (χ0n) is 10.9. The Labute approximate surface area is 123 Å². The number of hydrogen-bond donors (Lipinski definition) is 1. The Morgan fingerprint density at radius 3 is 3.11 bits per heavy atom. The van der Waals surface area contributed by atoms with Crippen LogP contribution in [0.1, 0.15) is 23.7 Å². The van der Waals surface area contributed by atoms with Crippen LogP contribution in [0.3, 0.4) is 0 Å². The van der Waals surface area contributed by atoms with Gasteiger partial charge in [-0.3, -0.25) is 0 Å². The molecule has 1 atom stereocenters. The van der Waals surface area contributed by atoms with Crippen molar-refractivity contribution in [2.75, 3.05) is 5.75 Å². The van der Waals surface area contributed by atoms with E-state index in [9.17, 15) is 0 Å². The summed E-state index contributed by atoms with van der Waals surface area (Å²) in [6.45, 7) is 0.894. The molecule has 0 aliphatic carbocycles. The molecule has 0 spiro atoms. The van der Waals surface area contributed by atoms with E-state index in [1.165, 1.54) is 21.9 Å². The molecule has 4 heteroatoms. The van der Waals surface area contributed by atoms with Gasteiger partial charge in [0.05, 0.1) is 0 Å². The van der Waals surface area contributed by atoms with E-state index in [0.717, 1.165) is 18.0 Å². The number of halogens is 1. The molecule has 19 heavy (non-hydrogen) atoms. The van der Waals surface area contributed by atoms with E-state index in [0.29, 0.717) is 6.04 Å². The molecule has 0 amide bonds. The van der Waals surface area contributed by atoms with Crippen molar-refractivity contribution in [2.45, 2.75) is 23.9 Å². The maximum absolute atomic E-state index is 6.13. The van der Waals surface area contributed by atoms with E-state index in [2.05, 4.69) is 47.4 Å². The molecule has 1 aromatic heterocycles.